The molecule has 0 fully saturated rings. The summed E-state index contributed by atoms with van der Waals surface area (Å²) in [6.07, 6.45) is 0. The molecule has 3 nitrogen and oxygen atoms in total. The van der Waals surface area contributed by atoms with Crippen molar-refractivity contribution in [3.8, 4) is 22.4 Å². The molecular formula is C49H30N2OS. The standard InChI is InChI=1S/C49H30N2OS/c1-2-10-31(11-3-1)32-18-22-34(23-19-32)51(36-26-27-39-38-13-6-9-17-45(38)53-46(39)30-36)35-24-20-33(21-25-35)48-42-29-28-40-37-12-5-8-16-44(37)52-49(40)47(42)41-14-4-7-15-43(41)50-48/h1-30H. The van der Waals surface area contributed by atoms with Crippen molar-refractivity contribution in [2.45, 2.75) is 0 Å². The minimum atomic E-state index is 0.896. The Hall–Kier alpha value is -6.75. The lowest BCUT2D eigenvalue weighted by Crippen LogP contribution is -2.09. The Morgan fingerprint density at radius 1 is 0.415 bits per heavy atom. The van der Waals surface area contributed by atoms with Crippen molar-refractivity contribution in [1.82, 2.24) is 4.98 Å². The van der Waals surface area contributed by atoms with Gasteiger partial charge in [0.25, 0.3) is 0 Å². The average molecular weight is 695 g/mol. The number of rotatable bonds is 5. The van der Waals surface area contributed by atoms with Crippen molar-refractivity contribution >= 4 is 92.2 Å². The topological polar surface area (TPSA) is 29.3 Å². The Bertz CT molecular complexity index is 3160. The molecule has 11 rings (SSSR count). The van der Waals surface area contributed by atoms with E-state index in [1.807, 2.05) is 23.5 Å². The van der Waals surface area contributed by atoms with E-state index in [0.717, 1.165) is 71.9 Å². The summed E-state index contributed by atoms with van der Waals surface area (Å²) < 4.78 is 9.14. The Balaban J connectivity index is 1.07. The number of pyridine rings is 1. The summed E-state index contributed by atoms with van der Waals surface area (Å²) in [6, 6.07) is 64.9. The van der Waals surface area contributed by atoms with Crippen molar-refractivity contribution in [2.75, 3.05) is 4.90 Å². The third-order valence-electron chi connectivity index (χ3n) is 10.5. The number of furan rings is 1. The minimum Gasteiger partial charge on any atom is -0.455 e. The molecule has 0 N–H and O–H groups in total. The number of hydrogen-bond donors (Lipinski definition) is 0. The van der Waals surface area contributed by atoms with Crippen LogP contribution in [0, 0.1) is 0 Å². The lowest BCUT2D eigenvalue weighted by Gasteiger charge is -2.26. The molecule has 0 bridgehead atoms. The molecule has 0 saturated heterocycles. The fraction of sp³-hybridized carbons (Fsp3) is 0. The smallest absolute Gasteiger partial charge is 0.144 e. The maximum absolute atomic E-state index is 6.57. The van der Waals surface area contributed by atoms with Gasteiger partial charge < -0.3 is 9.32 Å². The maximum atomic E-state index is 6.57. The maximum Gasteiger partial charge on any atom is 0.144 e. The van der Waals surface area contributed by atoms with Gasteiger partial charge in [-0.15, -0.1) is 11.3 Å². The highest BCUT2D eigenvalue weighted by molar-refractivity contribution is 7.25. The van der Waals surface area contributed by atoms with Crippen molar-refractivity contribution in [3.63, 3.8) is 0 Å². The van der Waals surface area contributed by atoms with Crippen LogP contribution in [0.15, 0.2) is 186 Å². The fourth-order valence-electron chi connectivity index (χ4n) is 7.94. The zero-order valence-electron chi connectivity index (χ0n) is 28.5. The van der Waals surface area contributed by atoms with Crippen molar-refractivity contribution in [3.05, 3.63) is 182 Å². The van der Waals surface area contributed by atoms with Gasteiger partial charge >= 0.3 is 0 Å². The first-order chi connectivity index (χ1) is 26.3. The molecule has 0 aliphatic rings. The SMILES string of the molecule is c1ccc(-c2ccc(N(c3ccc(-c4nc5ccccc5c5c4ccc4c6ccccc6oc45)cc3)c3ccc4c(c3)sc3ccccc34)cc2)cc1. The van der Waals surface area contributed by atoms with Crippen LogP contribution in [0.2, 0.25) is 0 Å². The molecule has 0 amide bonds. The van der Waals surface area contributed by atoms with E-state index in [9.17, 15) is 0 Å². The molecule has 0 unspecified atom stereocenters. The van der Waals surface area contributed by atoms with Crippen LogP contribution in [0.1, 0.15) is 0 Å². The van der Waals surface area contributed by atoms with E-state index in [-0.39, 0.29) is 0 Å². The molecule has 11 aromatic rings. The predicted molar refractivity (Wildman–Crippen MR) is 225 cm³/mol. The van der Waals surface area contributed by atoms with Gasteiger partial charge in [-0.05, 0) is 71.8 Å². The number of para-hydroxylation sites is 2. The Morgan fingerprint density at radius 3 is 1.81 bits per heavy atom. The number of anilines is 3. The molecular weight excluding hydrogens is 665 g/mol. The van der Waals surface area contributed by atoms with Crippen LogP contribution in [-0.4, -0.2) is 4.98 Å². The fourth-order valence-corrected chi connectivity index (χ4v) is 9.08. The molecule has 0 aliphatic heterocycles. The Morgan fingerprint density at radius 2 is 1.00 bits per heavy atom. The summed E-state index contributed by atoms with van der Waals surface area (Å²) in [5, 5.41) is 8.10. The second-order valence-corrected chi connectivity index (χ2v) is 14.6. The number of benzene rings is 8. The van der Waals surface area contributed by atoms with Crippen LogP contribution < -0.4 is 4.90 Å². The first-order valence-corrected chi connectivity index (χ1v) is 18.7. The summed E-state index contributed by atoms with van der Waals surface area (Å²) in [5.74, 6) is 0. The highest BCUT2D eigenvalue weighted by Gasteiger charge is 2.19. The van der Waals surface area contributed by atoms with E-state index in [2.05, 4.69) is 175 Å². The molecule has 53 heavy (non-hydrogen) atoms. The van der Waals surface area contributed by atoms with Crippen LogP contribution in [-0.2, 0) is 0 Å². The third kappa shape index (κ3) is 4.84. The van der Waals surface area contributed by atoms with Crippen molar-refractivity contribution in [2.24, 2.45) is 0 Å². The lowest BCUT2D eigenvalue weighted by molar-refractivity contribution is 0.673. The van der Waals surface area contributed by atoms with E-state index < -0.39 is 0 Å². The zero-order chi connectivity index (χ0) is 34.9. The summed E-state index contributed by atoms with van der Waals surface area (Å²) >= 11 is 1.84. The van der Waals surface area contributed by atoms with Crippen LogP contribution in [0.3, 0.4) is 0 Å². The Kier molecular flexibility index (Phi) is 6.73. The van der Waals surface area contributed by atoms with Gasteiger partial charge in [0.15, 0.2) is 0 Å². The number of thiophene rings is 1. The van der Waals surface area contributed by atoms with E-state index in [0.29, 0.717) is 0 Å². The molecule has 0 saturated carbocycles. The first-order valence-electron chi connectivity index (χ1n) is 17.9. The van der Waals surface area contributed by atoms with Gasteiger partial charge in [0.1, 0.15) is 11.2 Å². The van der Waals surface area contributed by atoms with Gasteiger partial charge in [0, 0.05) is 69.7 Å². The molecule has 3 aromatic heterocycles. The van der Waals surface area contributed by atoms with Crippen molar-refractivity contribution < 1.29 is 4.42 Å². The highest BCUT2D eigenvalue weighted by atomic mass is 32.1. The average Bonchev–Trinajstić information content (AvgIpc) is 3.80. The summed E-state index contributed by atoms with van der Waals surface area (Å²) in [5.41, 5.74) is 10.4. The van der Waals surface area contributed by atoms with Gasteiger partial charge in [-0.2, -0.15) is 0 Å². The molecule has 248 valence electrons. The number of fused-ring (bicyclic) bond motifs is 10. The van der Waals surface area contributed by atoms with Gasteiger partial charge in [0.05, 0.1) is 11.2 Å². The van der Waals surface area contributed by atoms with Crippen molar-refractivity contribution in [1.29, 1.82) is 0 Å². The van der Waals surface area contributed by atoms with Crippen LogP contribution >= 0.6 is 11.3 Å². The van der Waals surface area contributed by atoms with Crippen LogP contribution in [0.5, 0.6) is 0 Å². The quantitative estimate of drug-likeness (QED) is 0.168. The Labute approximate surface area is 309 Å². The largest absolute Gasteiger partial charge is 0.455 e. The molecule has 4 heteroatoms. The molecule has 3 heterocycles. The van der Waals surface area contributed by atoms with Gasteiger partial charge in [-0.3, -0.25) is 0 Å². The monoisotopic (exact) mass is 694 g/mol. The number of hydrogen-bond acceptors (Lipinski definition) is 4. The van der Waals surface area contributed by atoms with E-state index >= 15 is 0 Å². The molecule has 0 atom stereocenters. The number of nitrogens with zero attached hydrogens (tertiary/aromatic N) is 2. The third-order valence-corrected chi connectivity index (χ3v) is 11.6. The minimum absolute atomic E-state index is 0.896. The molecule has 0 spiro atoms. The molecule has 0 aliphatic carbocycles. The van der Waals surface area contributed by atoms with Gasteiger partial charge in [-0.25, -0.2) is 4.98 Å². The summed E-state index contributed by atoms with van der Waals surface area (Å²) in [7, 11) is 0. The second kappa shape index (κ2) is 11.9. The lowest BCUT2D eigenvalue weighted by atomic mass is 9.97. The van der Waals surface area contributed by atoms with Crippen LogP contribution in [0.25, 0.3) is 86.2 Å². The zero-order valence-corrected chi connectivity index (χ0v) is 29.3. The van der Waals surface area contributed by atoms with Gasteiger partial charge in [0.2, 0.25) is 0 Å². The number of aromatic nitrogens is 1. The van der Waals surface area contributed by atoms with E-state index in [4.69, 9.17) is 9.40 Å². The first kappa shape index (κ1) is 29.9. The predicted octanol–water partition coefficient (Wildman–Crippen LogP) is 14.5. The second-order valence-electron chi connectivity index (χ2n) is 13.5. The van der Waals surface area contributed by atoms with E-state index in [1.54, 1.807) is 0 Å². The molecule has 8 aromatic carbocycles. The summed E-state index contributed by atoms with van der Waals surface area (Å²) in [6.45, 7) is 0. The molecule has 0 radical (unpaired) electrons. The van der Waals surface area contributed by atoms with E-state index in [1.165, 1.54) is 31.3 Å². The normalized spacial score (nSPS) is 11.8. The highest BCUT2D eigenvalue weighted by Crippen LogP contribution is 2.43. The van der Waals surface area contributed by atoms with Crippen LogP contribution in [0.4, 0.5) is 17.1 Å². The summed E-state index contributed by atoms with van der Waals surface area (Å²) in [4.78, 5) is 7.62. The van der Waals surface area contributed by atoms with Gasteiger partial charge in [-0.1, -0.05) is 121 Å².